The van der Waals surface area contributed by atoms with Crippen LogP contribution in [0.2, 0.25) is 0 Å². The van der Waals surface area contributed by atoms with Gasteiger partial charge in [0, 0.05) is 24.7 Å². The van der Waals surface area contributed by atoms with Crippen LogP contribution in [0.3, 0.4) is 0 Å². The molecule has 1 aliphatic heterocycles. The lowest BCUT2D eigenvalue weighted by Crippen LogP contribution is -2.41. The molecule has 1 aromatic rings. The Hall–Kier alpha value is -2.04. The lowest BCUT2D eigenvalue weighted by atomic mass is 9.95. The Kier molecular flexibility index (Phi) is 5.41. The summed E-state index contributed by atoms with van der Waals surface area (Å²) < 4.78 is 4.99. The van der Waals surface area contributed by atoms with E-state index < -0.39 is 0 Å². The zero-order chi connectivity index (χ0) is 16.1. The lowest BCUT2D eigenvalue weighted by molar-refractivity contribution is -0.121. The summed E-state index contributed by atoms with van der Waals surface area (Å²) in [6.45, 7) is 7.31. The van der Waals surface area contributed by atoms with E-state index in [1.807, 2.05) is 32.0 Å². The Morgan fingerprint density at radius 1 is 1.23 bits per heavy atom. The maximum Gasteiger partial charge on any atom is 0.409 e. The minimum absolute atomic E-state index is 0.0425. The van der Waals surface area contributed by atoms with E-state index in [1.165, 1.54) is 0 Å². The van der Waals surface area contributed by atoms with E-state index in [9.17, 15) is 9.59 Å². The number of nitrogens with one attached hydrogen (secondary N) is 1. The summed E-state index contributed by atoms with van der Waals surface area (Å²) in [5, 5.41) is 3.04. The predicted molar refractivity (Wildman–Crippen MR) is 85.9 cm³/mol. The summed E-state index contributed by atoms with van der Waals surface area (Å²) in [6, 6.07) is 5.97. The van der Waals surface area contributed by atoms with Gasteiger partial charge in [-0.15, -0.1) is 0 Å². The molecule has 5 heteroatoms. The van der Waals surface area contributed by atoms with Crippen LogP contribution in [-0.2, 0) is 9.53 Å². The Morgan fingerprint density at radius 2 is 1.82 bits per heavy atom. The maximum atomic E-state index is 12.4. The molecule has 2 rings (SSSR count). The maximum absolute atomic E-state index is 12.4. The van der Waals surface area contributed by atoms with Crippen molar-refractivity contribution in [2.45, 2.75) is 33.6 Å². The molecule has 1 heterocycles. The highest BCUT2D eigenvalue weighted by Gasteiger charge is 2.28. The molecule has 0 spiro atoms. The van der Waals surface area contributed by atoms with E-state index in [0.29, 0.717) is 32.5 Å². The molecule has 120 valence electrons. The number of aryl methyl sites for hydroxylation is 2. The second-order valence-corrected chi connectivity index (χ2v) is 5.72. The molecule has 22 heavy (non-hydrogen) atoms. The van der Waals surface area contributed by atoms with E-state index >= 15 is 0 Å². The van der Waals surface area contributed by atoms with Crippen LogP contribution in [0.25, 0.3) is 0 Å². The van der Waals surface area contributed by atoms with Crippen molar-refractivity contribution in [2.75, 3.05) is 25.0 Å². The molecule has 2 amide bonds. The molecule has 1 saturated heterocycles. The number of hydrogen-bond donors (Lipinski definition) is 1. The first-order valence-corrected chi connectivity index (χ1v) is 7.81. The lowest BCUT2D eigenvalue weighted by Gasteiger charge is -2.30. The number of anilines is 1. The highest BCUT2D eigenvalue weighted by atomic mass is 16.6. The molecular formula is C17H24N2O3. The molecule has 0 saturated carbocycles. The van der Waals surface area contributed by atoms with E-state index in [2.05, 4.69) is 5.32 Å². The molecule has 0 atom stereocenters. The average molecular weight is 304 g/mol. The number of likely N-dealkylation sites (tertiary alicyclic amines) is 1. The van der Waals surface area contributed by atoms with Crippen molar-refractivity contribution < 1.29 is 14.3 Å². The van der Waals surface area contributed by atoms with Gasteiger partial charge in [-0.2, -0.15) is 0 Å². The predicted octanol–water partition coefficient (Wildman–Crippen LogP) is 3.11. The number of benzene rings is 1. The highest BCUT2D eigenvalue weighted by molar-refractivity contribution is 5.94. The summed E-state index contributed by atoms with van der Waals surface area (Å²) >= 11 is 0. The number of nitrogens with zero attached hydrogens (tertiary/aromatic N) is 1. The molecule has 1 fully saturated rings. The monoisotopic (exact) mass is 304 g/mol. The van der Waals surface area contributed by atoms with Crippen molar-refractivity contribution in [3.63, 3.8) is 0 Å². The fourth-order valence-electron chi connectivity index (χ4n) is 2.78. The number of ether oxygens (including phenoxy) is 1. The normalized spacial score (nSPS) is 15.5. The van der Waals surface area contributed by atoms with Crippen LogP contribution in [0, 0.1) is 19.8 Å². The zero-order valence-corrected chi connectivity index (χ0v) is 13.5. The molecule has 1 aromatic carbocycles. The summed E-state index contributed by atoms with van der Waals surface area (Å²) in [4.78, 5) is 25.8. The van der Waals surface area contributed by atoms with Crippen molar-refractivity contribution >= 4 is 17.7 Å². The molecule has 0 unspecified atom stereocenters. The zero-order valence-electron chi connectivity index (χ0n) is 13.5. The highest BCUT2D eigenvalue weighted by Crippen LogP contribution is 2.23. The average Bonchev–Trinajstić information content (AvgIpc) is 2.51. The quantitative estimate of drug-likeness (QED) is 0.933. The third kappa shape index (κ3) is 3.78. The summed E-state index contributed by atoms with van der Waals surface area (Å²) in [5.41, 5.74) is 3.04. The molecule has 1 aliphatic rings. The number of carbonyl (C=O) groups is 2. The van der Waals surface area contributed by atoms with Crippen molar-refractivity contribution in [1.82, 2.24) is 4.90 Å². The number of piperidine rings is 1. The van der Waals surface area contributed by atoms with Gasteiger partial charge in [0.05, 0.1) is 6.61 Å². The van der Waals surface area contributed by atoms with E-state index in [-0.39, 0.29) is 17.9 Å². The molecule has 0 aromatic heterocycles. The second-order valence-electron chi connectivity index (χ2n) is 5.72. The number of para-hydroxylation sites is 1. The minimum Gasteiger partial charge on any atom is -0.450 e. The molecule has 0 radical (unpaired) electrons. The smallest absolute Gasteiger partial charge is 0.409 e. The minimum atomic E-state index is -0.281. The first kappa shape index (κ1) is 16.3. The fraction of sp³-hybridized carbons (Fsp3) is 0.529. The van der Waals surface area contributed by atoms with Gasteiger partial charge in [0.25, 0.3) is 0 Å². The standard InChI is InChI=1S/C17H24N2O3/c1-4-22-17(21)19-10-8-14(9-11-19)16(20)18-15-12(2)6-5-7-13(15)3/h5-7,14H,4,8-11H2,1-3H3,(H,18,20). The van der Waals surface area contributed by atoms with E-state index in [0.717, 1.165) is 16.8 Å². The molecule has 5 nitrogen and oxygen atoms in total. The number of hydrogen-bond acceptors (Lipinski definition) is 3. The van der Waals surface area contributed by atoms with E-state index in [4.69, 9.17) is 4.74 Å². The number of carbonyl (C=O) groups excluding carboxylic acids is 2. The SMILES string of the molecule is CCOC(=O)N1CCC(C(=O)Nc2c(C)cccc2C)CC1. The Morgan fingerprint density at radius 3 is 2.36 bits per heavy atom. The van der Waals surface area contributed by atoms with E-state index in [1.54, 1.807) is 11.8 Å². The molecule has 0 aliphatic carbocycles. The van der Waals surface area contributed by atoms with Crippen LogP contribution < -0.4 is 5.32 Å². The summed E-state index contributed by atoms with van der Waals surface area (Å²) in [6.07, 6.45) is 1.07. The van der Waals surface area contributed by atoms with Crippen LogP contribution in [-0.4, -0.2) is 36.6 Å². The number of amides is 2. The molecule has 1 N–H and O–H groups in total. The summed E-state index contributed by atoms with van der Waals surface area (Å²) in [7, 11) is 0. The van der Waals surface area contributed by atoms with Crippen LogP contribution in [0.15, 0.2) is 18.2 Å². The van der Waals surface area contributed by atoms with Gasteiger partial charge < -0.3 is 15.0 Å². The Labute approximate surface area is 131 Å². The largest absolute Gasteiger partial charge is 0.450 e. The van der Waals surface area contributed by atoms with Gasteiger partial charge in [-0.25, -0.2) is 4.79 Å². The second kappa shape index (κ2) is 7.29. The van der Waals surface area contributed by atoms with Crippen molar-refractivity contribution in [3.8, 4) is 0 Å². The van der Waals surface area contributed by atoms with Gasteiger partial charge >= 0.3 is 6.09 Å². The molecular weight excluding hydrogens is 280 g/mol. The first-order chi connectivity index (χ1) is 10.5. The van der Waals surface area contributed by atoms with Gasteiger partial charge in [-0.05, 0) is 44.7 Å². The van der Waals surface area contributed by atoms with Gasteiger partial charge in [-0.1, -0.05) is 18.2 Å². The van der Waals surface area contributed by atoms with Crippen LogP contribution in [0.1, 0.15) is 30.9 Å². The number of rotatable bonds is 3. The van der Waals surface area contributed by atoms with Gasteiger partial charge in [0.1, 0.15) is 0 Å². The van der Waals surface area contributed by atoms with Gasteiger partial charge in [0.2, 0.25) is 5.91 Å². The Balaban J connectivity index is 1.92. The fourth-order valence-corrected chi connectivity index (χ4v) is 2.78. The van der Waals surface area contributed by atoms with Crippen molar-refractivity contribution in [1.29, 1.82) is 0 Å². The molecule has 0 bridgehead atoms. The van der Waals surface area contributed by atoms with Gasteiger partial charge in [0.15, 0.2) is 0 Å². The topological polar surface area (TPSA) is 58.6 Å². The first-order valence-electron chi connectivity index (χ1n) is 7.81. The van der Waals surface area contributed by atoms with Crippen LogP contribution >= 0.6 is 0 Å². The van der Waals surface area contributed by atoms with Gasteiger partial charge in [-0.3, -0.25) is 4.79 Å². The third-order valence-corrected chi connectivity index (χ3v) is 4.12. The third-order valence-electron chi connectivity index (χ3n) is 4.12. The summed E-state index contributed by atoms with van der Waals surface area (Å²) in [5.74, 6) is -0.00871. The van der Waals surface area contributed by atoms with Crippen molar-refractivity contribution in [2.24, 2.45) is 5.92 Å². The van der Waals surface area contributed by atoms with Crippen molar-refractivity contribution in [3.05, 3.63) is 29.3 Å². The van der Waals surface area contributed by atoms with Crippen LogP contribution in [0.4, 0.5) is 10.5 Å². The Bertz CT molecular complexity index is 529. The van der Waals surface area contributed by atoms with Crippen LogP contribution in [0.5, 0.6) is 0 Å².